The number of hydrogen-bond donors (Lipinski definition) is 5. The first-order valence-corrected chi connectivity index (χ1v) is 10.4. The topological polar surface area (TPSA) is 161 Å². The molecule has 4 rings (SSSR count). The van der Waals surface area contributed by atoms with Crippen LogP contribution in [0.1, 0.15) is 17.5 Å². The lowest BCUT2D eigenvalue weighted by Crippen LogP contribution is -2.65. The molecule has 31 heavy (non-hydrogen) atoms. The number of likely N-dealkylation sites (N-methyl/N-ethyl adjacent to an activating group) is 1. The van der Waals surface area contributed by atoms with Crippen LogP contribution in [0.25, 0.3) is 5.76 Å². The second-order valence-electron chi connectivity index (χ2n) is 8.38. The Labute approximate surface area is 185 Å². The van der Waals surface area contributed by atoms with Gasteiger partial charge in [0.15, 0.2) is 11.4 Å². The van der Waals surface area contributed by atoms with Gasteiger partial charge in [-0.05, 0) is 50.6 Å². The summed E-state index contributed by atoms with van der Waals surface area (Å²) < 4.78 is 0.627. The number of halogens is 1. The largest absolute Gasteiger partial charge is 0.508 e. The average molecular weight is 493 g/mol. The van der Waals surface area contributed by atoms with Gasteiger partial charge in [0, 0.05) is 16.0 Å². The van der Waals surface area contributed by atoms with Gasteiger partial charge < -0.3 is 26.2 Å². The third kappa shape index (κ3) is 2.71. The lowest BCUT2D eigenvalue weighted by Gasteiger charge is -2.50. The van der Waals surface area contributed by atoms with Crippen LogP contribution in [-0.4, -0.2) is 68.5 Å². The first-order chi connectivity index (χ1) is 14.4. The second-order valence-corrected chi connectivity index (χ2v) is 9.24. The van der Waals surface area contributed by atoms with Gasteiger partial charge in [0.1, 0.15) is 22.8 Å². The van der Waals surface area contributed by atoms with Crippen LogP contribution in [-0.2, 0) is 20.8 Å². The van der Waals surface area contributed by atoms with Crippen LogP contribution < -0.4 is 5.73 Å². The van der Waals surface area contributed by atoms with Crippen LogP contribution in [0.15, 0.2) is 33.5 Å². The van der Waals surface area contributed by atoms with Gasteiger partial charge in [0.05, 0.1) is 11.6 Å². The van der Waals surface area contributed by atoms with Gasteiger partial charge in [0.25, 0.3) is 5.91 Å². The summed E-state index contributed by atoms with van der Waals surface area (Å²) in [6.07, 6.45) is 0.317. The number of hydrogen-bond acceptors (Lipinski definition) is 8. The van der Waals surface area contributed by atoms with Crippen molar-refractivity contribution in [3.63, 3.8) is 0 Å². The maximum Gasteiger partial charge on any atom is 0.255 e. The third-order valence-electron chi connectivity index (χ3n) is 6.55. The lowest BCUT2D eigenvalue weighted by atomic mass is 9.57. The molecule has 0 heterocycles. The molecule has 6 N–H and O–H groups in total. The fourth-order valence-electron chi connectivity index (χ4n) is 5.21. The molecule has 1 aromatic rings. The first-order valence-electron chi connectivity index (χ1n) is 9.58. The Balaban J connectivity index is 1.99. The summed E-state index contributed by atoms with van der Waals surface area (Å²) in [7, 11) is 3.12. The van der Waals surface area contributed by atoms with Crippen molar-refractivity contribution in [2.75, 3.05) is 14.1 Å². The minimum atomic E-state index is -2.62. The zero-order valence-corrected chi connectivity index (χ0v) is 18.3. The molecule has 0 saturated heterocycles. The molecule has 0 spiro atoms. The molecular weight excluding hydrogens is 472 g/mol. The van der Waals surface area contributed by atoms with Gasteiger partial charge in [0.2, 0.25) is 5.78 Å². The average Bonchev–Trinajstić information content (AvgIpc) is 2.67. The van der Waals surface area contributed by atoms with E-state index in [4.69, 9.17) is 5.73 Å². The molecule has 1 saturated carbocycles. The number of aliphatic hydroxyl groups excluding tert-OH is 2. The predicted octanol–water partition coefficient (Wildman–Crippen LogP) is 0.727. The van der Waals surface area contributed by atoms with E-state index in [1.165, 1.54) is 11.0 Å². The SMILES string of the molecule is CN(C)[C@@H]1C(=O)C(C(N)=O)=C(O)[C@@]2(O)C(=O)C3=C(O)c4c(O)ccc(Br)c4CC3C[C@@H]12. The van der Waals surface area contributed by atoms with Gasteiger partial charge in [-0.2, -0.15) is 0 Å². The third-order valence-corrected chi connectivity index (χ3v) is 7.29. The molecule has 0 aromatic heterocycles. The Morgan fingerprint density at radius 3 is 2.45 bits per heavy atom. The van der Waals surface area contributed by atoms with Crippen LogP contribution in [0.4, 0.5) is 0 Å². The smallest absolute Gasteiger partial charge is 0.255 e. The quantitative estimate of drug-likeness (QED) is 0.377. The van der Waals surface area contributed by atoms with E-state index >= 15 is 0 Å². The molecule has 9 nitrogen and oxygen atoms in total. The van der Waals surface area contributed by atoms with Crippen LogP contribution >= 0.6 is 15.9 Å². The number of nitrogens with zero attached hydrogens (tertiary/aromatic N) is 1. The van der Waals surface area contributed by atoms with Crippen LogP contribution in [0.2, 0.25) is 0 Å². The number of phenols is 1. The maximum atomic E-state index is 13.5. The van der Waals surface area contributed by atoms with Gasteiger partial charge in [-0.15, -0.1) is 0 Å². The van der Waals surface area contributed by atoms with E-state index in [0.717, 1.165) is 0 Å². The summed E-state index contributed by atoms with van der Waals surface area (Å²) >= 11 is 3.39. The highest BCUT2D eigenvalue weighted by Crippen LogP contribution is 2.53. The number of nitrogens with two attached hydrogens (primary N) is 1. The summed E-state index contributed by atoms with van der Waals surface area (Å²) in [6.45, 7) is 0. The number of carbonyl (C=O) groups excluding carboxylic acids is 3. The van der Waals surface area contributed by atoms with Crippen molar-refractivity contribution >= 4 is 39.2 Å². The van der Waals surface area contributed by atoms with Crippen LogP contribution in [0, 0.1) is 11.8 Å². The number of benzene rings is 1. The number of Topliss-reactive ketones (excluding diaryl/α,β-unsaturated/α-hetero) is 2. The van der Waals surface area contributed by atoms with Crippen molar-refractivity contribution in [3.8, 4) is 5.75 Å². The number of phenolic OH excluding ortho intramolecular Hbond substituents is 1. The fourth-order valence-corrected chi connectivity index (χ4v) is 5.70. The van der Waals surface area contributed by atoms with Gasteiger partial charge in [-0.3, -0.25) is 19.3 Å². The van der Waals surface area contributed by atoms with E-state index in [0.29, 0.717) is 10.0 Å². The Morgan fingerprint density at radius 1 is 1.23 bits per heavy atom. The van der Waals surface area contributed by atoms with Crippen molar-refractivity contribution in [1.82, 2.24) is 4.90 Å². The van der Waals surface area contributed by atoms with Crippen LogP contribution in [0.3, 0.4) is 0 Å². The molecule has 0 radical (unpaired) electrons. The minimum absolute atomic E-state index is 0.0608. The van der Waals surface area contributed by atoms with Gasteiger partial charge >= 0.3 is 0 Å². The molecule has 0 bridgehead atoms. The zero-order valence-electron chi connectivity index (χ0n) is 16.7. The predicted molar refractivity (Wildman–Crippen MR) is 112 cm³/mol. The van der Waals surface area contributed by atoms with Crippen molar-refractivity contribution < 1.29 is 34.8 Å². The molecule has 1 amide bonds. The summed E-state index contributed by atoms with van der Waals surface area (Å²) in [5, 5.41) is 43.4. The fraction of sp³-hybridized carbons (Fsp3) is 0.381. The Morgan fingerprint density at radius 2 is 1.87 bits per heavy atom. The van der Waals surface area contributed by atoms with Crippen molar-refractivity contribution in [2.24, 2.45) is 17.6 Å². The molecule has 10 heteroatoms. The zero-order chi connectivity index (χ0) is 23.0. The summed E-state index contributed by atoms with van der Waals surface area (Å²) in [6, 6.07) is 1.88. The highest BCUT2D eigenvalue weighted by Gasteiger charge is 2.64. The van der Waals surface area contributed by atoms with E-state index in [2.05, 4.69) is 15.9 Å². The van der Waals surface area contributed by atoms with Crippen molar-refractivity contribution in [1.29, 1.82) is 0 Å². The van der Waals surface area contributed by atoms with E-state index in [1.807, 2.05) is 0 Å². The van der Waals surface area contributed by atoms with E-state index in [-0.39, 0.29) is 29.7 Å². The summed E-state index contributed by atoms with van der Waals surface area (Å²) in [5.74, 6) is -6.56. The molecule has 0 aliphatic heterocycles. The number of aliphatic hydroxyl groups is 3. The summed E-state index contributed by atoms with van der Waals surface area (Å²) in [5.41, 5.74) is 2.32. The number of rotatable bonds is 2. The monoisotopic (exact) mass is 492 g/mol. The number of carbonyl (C=O) groups is 3. The highest BCUT2D eigenvalue weighted by molar-refractivity contribution is 9.10. The van der Waals surface area contributed by atoms with Crippen LogP contribution in [0.5, 0.6) is 5.75 Å². The normalized spacial score (nSPS) is 30.3. The van der Waals surface area contributed by atoms with E-state index in [9.17, 15) is 34.8 Å². The standard InChI is InChI=1S/C21H21BrN2O7/c1-24(2)15-9-6-7-5-8-10(22)3-4-11(25)13(8)16(26)12(7)18(28)21(9,31)19(29)14(17(15)27)20(23)30/h3-4,7,9,15,25-26,29,31H,5-6H2,1-2H3,(H2,23,30)/t7?,9-,15-,21-/m0/s1. The summed E-state index contributed by atoms with van der Waals surface area (Å²) in [4.78, 5) is 39.9. The Kier molecular flexibility index (Phi) is 4.80. The molecule has 3 aliphatic rings. The lowest BCUT2D eigenvalue weighted by molar-refractivity contribution is -0.153. The molecule has 1 fully saturated rings. The van der Waals surface area contributed by atoms with Gasteiger partial charge in [-0.25, -0.2) is 0 Å². The first kappa shape index (κ1) is 21.5. The maximum absolute atomic E-state index is 13.5. The molecule has 3 aliphatic carbocycles. The highest BCUT2D eigenvalue weighted by atomic mass is 79.9. The van der Waals surface area contributed by atoms with E-state index in [1.54, 1.807) is 20.2 Å². The number of primary amides is 1. The van der Waals surface area contributed by atoms with Crippen molar-refractivity contribution in [2.45, 2.75) is 24.5 Å². The number of ketones is 2. The van der Waals surface area contributed by atoms with E-state index < -0.39 is 58.0 Å². The molecule has 1 aromatic carbocycles. The number of fused-ring (bicyclic) bond motifs is 3. The number of amides is 1. The van der Waals surface area contributed by atoms with Crippen molar-refractivity contribution in [3.05, 3.63) is 44.6 Å². The molecule has 1 unspecified atom stereocenters. The molecular formula is C21H21BrN2O7. The Bertz CT molecular complexity index is 1120. The number of aromatic hydroxyl groups is 1. The molecule has 164 valence electrons. The minimum Gasteiger partial charge on any atom is -0.508 e. The van der Waals surface area contributed by atoms with Gasteiger partial charge in [-0.1, -0.05) is 15.9 Å². The second kappa shape index (κ2) is 6.91. The molecule has 4 atom stereocenters. The Hall–Kier alpha value is -2.69.